The van der Waals surface area contributed by atoms with Crippen LogP contribution in [0.15, 0.2) is 77.7 Å². The Labute approximate surface area is 268 Å². The fourth-order valence-corrected chi connectivity index (χ4v) is 9.29. The maximum Gasteiger partial charge on any atom is 0.264 e. The number of hydrogen-bond donors (Lipinski definition) is 0. The fraction of sp³-hybridized carbons (Fsp3) is 0.405. The van der Waals surface area contributed by atoms with Crippen molar-refractivity contribution in [1.82, 2.24) is 4.90 Å². The van der Waals surface area contributed by atoms with Crippen molar-refractivity contribution in [2.45, 2.75) is 75.6 Å². The van der Waals surface area contributed by atoms with Gasteiger partial charge in [0.25, 0.3) is 10.0 Å². The van der Waals surface area contributed by atoms with Crippen molar-refractivity contribution in [2.24, 2.45) is 0 Å². The summed E-state index contributed by atoms with van der Waals surface area (Å²) in [6.07, 6.45) is 9.47. The Hall–Kier alpha value is -3.06. The van der Waals surface area contributed by atoms with E-state index >= 15 is 0 Å². The summed E-state index contributed by atoms with van der Waals surface area (Å²) in [6, 6.07) is 24.3. The molecule has 7 heteroatoms. The first-order valence-corrected chi connectivity index (χ1v) is 17.4. The van der Waals surface area contributed by atoms with E-state index in [1.165, 1.54) is 49.7 Å². The number of halogens is 1. The van der Waals surface area contributed by atoms with Crippen LogP contribution in [0.25, 0.3) is 10.8 Å². The molecule has 7 rings (SSSR count). The summed E-state index contributed by atoms with van der Waals surface area (Å²) in [5.41, 5.74) is 7.93. The second-order valence-corrected chi connectivity index (χ2v) is 14.6. The number of rotatable bonds is 6. The molecule has 0 saturated carbocycles. The Morgan fingerprint density at radius 1 is 0.841 bits per heavy atom. The molecule has 44 heavy (non-hydrogen) atoms. The highest BCUT2D eigenvalue weighted by Crippen LogP contribution is 2.47. The lowest BCUT2D eigenvalue weighted by molar-refractivity contribution is 0.0270. The maximum atomic E-state index is 13.9. The SMILES string of the molecule is Cc1cc2c(cc1C)C1(CCCCN1CCCc1ccc3c(c1)N(S(=O)(=O)c1ccc4ccccc4c1)CCO3)CCC2.Cl. The molecule has 2 heterocycles. The molecule has 2 aliphatic heterocycles. The number of likely N-dealkylation sites (tertiary alicyclic amines) is 1. The topological polar surface area (TPSA) is 49.9 Å². The van der Waals surface area contributed by atoms with Gasteiger partial charge in [-0.25, -0.2) is 8.42 Å². The summed E-state index contributed by atoms with van der Waals surface area (Å²) < 4.78 is 35.3. The average molecular weight is 631 g/mol. The first-order chi connectivity index (χ1) is 20.8. The summed E-state index contributed by atoms with van der Waals surface area (Å²) in [6.45, 7) is 7.36. The van der Waals surface area contributed by atoms with Crippen LogP contribution in [0.4, 0.5) is 5.69 Å². The van der Waals surface area contributed by atoms with E-state index in [9.17, 15) is 8.42 Å². The molecule has 0 aromatic heterocycles. The zero-order chi connectivity index (χ0) is 29.6. The van der Waals surface area contributed by atoms with Gasteiger partial charge >= 0.3 is 0 Å². The molecule has 4 aromatic carbocycles. The van der Waals surface area contributed by atoms with Crippen LogP contribution in [0.5, 0.6) is 5.75 Å². The predicted octanol–water partition coefficient (Wildman–Crippen LogP) is 8.12. The van der Waals surface area contributed by atoms with Crippen molar-refractivity contribution in [3.05, 3.63) is 101 Å². The van der Waals surface area contributed by atoms with Gasteiger partial charge in [-0.2, -0.15) is 0 Å². The second-order valence-electron chi connectivity index (χ2n) is 12.8. The zero-order valence-electron chi connectivity index (χ0n) is 25.8. The number of aryl methyl sites for hydroxylation is 4. The van der Waals surface area contributed by atoms with Gasteiger partial charge in [0, 0.05) is 5.54 Å². The number of fused-ring (bicyclic) bond motifs is 4. The Balaban J connectivity index is 0.00000343. The van der Waals surface area contributed by atoms with Gasteiger partial charge in [0.05, 0.1) is 17.1 Å². The fourth-order valence-electron chi connectivity index (χ4n) is 7.80. The van der Waals surface area contributed by atoms with Crippen LogP contribution >= 0.6 is 12.4 Å². The Bertz CT molecular complexity index is 1790. The smallest absolute Gasteiger partial charge is 0.264 e. The zero-order valence-corrected chi connectivity index (χ0v) is 27.5. The minimum Gasteiger partial charge on any atom is -0.489 e. The normalized spacial score (nSPS) is 20.1. The lowest BCUT2D eigenvalue weighted by atomic mass is 9.70. The van der Waals surface area contributed by atoms with Gasteiger partial charge < -0.3 is 4.74 Å². The van der Waals surface area contributed by atoms with E-state index < -0.39 is 10.0 Å². The molecule has 1 aliphatic carbocycles. The molecule has 232 valence electrons. The van der Waals surface area contributed by atoms with E-state index in [4.69, 9.17) is 4.74 Å². The standard InChI is InChI=1S/C37H42N2O3S.ClH/c1-27-23-32-12-7-18-37(34(32)24-28(27)2)17-5-6-19-38(37)20-8-9-29-13-16-36-35(25-29)39(21-22-42-36)43(40,41)33-15-14-30-10-3-4-11-31(30)26-33;/h3-4,10-11,13-16,23-26H,5-9,12,17-22H2,1-2H3;1H. The number of piperidine rings is 1. The van der Waals surface area contributed by atoms with Crippen LogP contribution in [0.3, 0.4) is 0 Å². The van der Waals surface area contributed by atoms with Crippen LogP contribution in [-0.4, -0.2) is 39.6 Å². The highest BCUT2D eigenvalue weighted by molar-refractivity contribution is 7.92. The third-order valence-corrected chi connectivity index (χ3v) is 12.0. The Kier molecular flexibility index (Phi) is 8.71. The predicted molar refractivity (Wildman–Crippen MR) is 182 cm³/mol. The molecular formula is C37H43ClN2O3S. The van der Waals surface area contributed by atoms with Gasteiger partial charge in [0.1, 0.15) is 12.4 Å². The van der Waals surface area contributed by atoms with E-state index in [-0.39, 0.29) is 17.9 Å². The second kappa shape index (κ2) is 12.4. The molecule has 3 aliphatic rings. The average Bonchev–Trinajstić information content (AvgIpc) is 3.02. The summed E-state index contributed by atoms with van der Waals surface area (Å²) in [7, 11) is -3.73. The minimum absolute atomic E-state index is 0. The van der Waals surface area contributed by atoms with Gasteiger partial charge in [-0.15, -0.1) is 12.4 Å². The quantitative estimate of drug-likeness (QED) is 0.216. The van der Waals surface area contributed by atoms with Crippen molar-refractivity contribution in [3.8, 4) is 5.75 Å². The number of nitrogens with zero attached hydrogens (tertiary/aromatic N) is 2. The van der Waals surface area contributed by atoms with Crippen LogP contribution in [0.1, 0.15) is 66.3 Å². The van der Waals surface area contributed by atoms with E-state index in [0.717, 1.165) is 42.3 Å². The van der Waals surface area contributed by atoms with E-state index in [2.05, 4.69) is 36.9 Å². The van der Waals surface area contributed by atoms with Crippen LogP contribution in [0, 0.1) is 13.8 Å². The monoisotopic (exact) mass is 630 g/mol. The number of ether oxygens (including phenoxy) is 1. The highest BCUT2D eigenvalue weighted by Gasteiger charge is 2.43. The summed E-state index contributed by atoms with van der Waals surface area (Å²) in [5, 5.41) is 1.95. The molecule has 1 unspecified atom stereocenters. The van der Waals surface area contributed by atoms with Crippen LogP contribution in [-0.2, 0) is 28.4 Å². The third kappa shape index (κ3) is 5.50. The van der Waals surface area contributed by atoms with Gasteiger partial charge in [-0.3, -0.25) is 9.21 Å². The number of anilines is 1. The Morgan fingerprint density at radius 2 is 1.64 bits per heavy atom. The van der Waals surface area contributed by atoms with Gasteiger partial charge in [0.15, 0.2) is 0 Å². The summed E-state index contributed by atoms with van der Waals surface area (Å²) in [5.74, 6) is 0.638. The maximum absolute atomic E-state index is 13.9. The van der Waals surface area contributed by atoms with Crippen LogP contribution in [0.2, 0.25) is 0 Å². The van der Waals surface area contributed by atoms with Crippen molar-refractivity contribution >= 4 is 38.9 Å². The van der Waals surface area contributed by atoms with Crippen molar-refractivity contribution in [3.63, 3.8) is 0 Å². The molecule has 1 fully saturated rings. The lowest BCUT2D eigenvalue weighted by Gasteiger charge is -2.51. The molecule has 0 N–H and O–H groups in total. The molecule has 5 nitrogen and oxygen atoms in total. The van der Waals surface area contributed by atoms with E-state index in [0.29, 0.717) is 29.5 Å². The molecule has 4 aromatic rings. The lowest BCUT2D eigenvalue weighted by Crippen LogP contribution is -2.51. The van der Waals surface area contributed by atoms with Crippen LogP contribution < -0.4 is 9.04 Å². The van der Waals surface area contributed by atoms with Gasteiger partial charge in [0.2, 0.25) is 0 Å². The van der Waals surface area contributed by atoms with E-state index in [1.807, 2.05) is 42.5 Å². The first kappa shape index (κ1) is 30.9. The highest BCUT2D eigenvalue weighted by atomic mass is 35.5. The number of benzene rings is 4. The molecule has 0 bridgehead atoms. The first-order valence-electron chi connectivity index (χ1n) is 16.0. The largest absolute Gasteiger partial charge is 0.489 e. The van der Waals surface area contributed by atoms with Gasteiger partial charge in [-0.1, -0.05) is 48.5 Å². The summed E-state index contributed by atoms with van der Waals surface area (Å²) >= 11 is 0. The summed E-state index contributed by atoms with van der Waals surface area (Å²) in [4.78, 5) is 3.11. The van der Waals surface area contributed by atoms with E-state index in [1.54, 1.807) is 27.6 Å². The minimum atomic E-state index is -3.73. The Morgan fingerprint density at radius 3 is 2.50 bits per heavy atom. The van der Waals surface area contributed by atoms with Crippen molar-refractivity contribution < 1.29 is 13.2 Å². The van der Waals surface area contributed by atoms with Gasteiger partial charge in [-0.05, 0) is 141 Å². The van der Waals surface area contributed by atoms with Crippen molar-refractivity contribution in [2.75, 3.05) is 30.5 Å². The molecule has 1 saturated heterocycles. The third-order valence-electron chi connectivity index (χ3n) is 10.2. The number of hydrogen-bond acceptors (Lipinski definition) is 4. The number of sulfonamides is 1. The molecule has 0 radical (unpaired) electrons. The molecular weight excluding hydrogens is 588 g/mol. The molecule has 1 spiro atoms. The molecule has 0 amide bonds. The van der Waals surface area contributed by atoms with Crippen molar-refractivity contribution in [1.29, 1.82) is 0 Å². The molecule has 1 atom stereocenters.